The van der Waals surface area contributed by atoms with Crippen LogP contribution in [0.1, 0.15) is 63.3 Å². The minimum absolute atomic E-state index is 0.223. The topological polar surface area (TPSA) is 35.0 Å². The van der Waals surface area contributed by atoms with E-state index < -0.39 is 6.36 Å². The molecule has 0 bridgehead atoms. The van der Waals surface area contributed by atoms with Crippen LogP contribution in [0, 0.1) is 5.92 Å². The molecule has 2 heterocycles. The normalized spacial score (nSPS) is 21.3. The van der Waals surface area contributed by atoms with Gasteiger partial charge in [0, 0.05) is 17.0 Å². The van der Waals surface area contributed by atoms with Gasteiger partial charge in [-0.05, 0) is 67.7 Å². The van der Waals surface area contributed by atoms with Crippen molar-refractivity contribution in [1.29, 1.82) is 0 Å². The number of halogens is 3. The van der Waals surface area contributed by atoms with Gasteiger partial charge in [-0.25, -0.2) is 9.97 Å². The highest BCUT2D eigenvalue weighted by molar-refractivity contribution is 8.02. The maximum absolute atomic E-state index is 12.5. The average Bonchev–Trinajstić information content (AvgIpc) is 3.21. The Hall–Kier alpha value is -2.02. The molecule has 2 unspecified atom stereocenters. The van der Waals surface area contributed by atoms with Crippen molar-refractivity contribution in [3.8, 4) is 17.0 Å². The van der Waals surface area contributed by atoms with E-state index in [9.17, 15) is 13.2 Å². The summed E-state index contributed by atoms with van der Waals surface area (Å²) in [6.45, 7) is 4.35. The zero-order valence-electron chi connectivity index (χ0n) is 17.1. The first-order valence-corrected chi connectivity index (χ1v) is 11.4. The van der Waals surface area contributed by atoms with Crippen LogP contribution in [0.2, 0.25) is 0 Å². The quantitative estimate of drug-likeness (QED) is 0.463. The standard InChI is InChI=1S/C23H25F3N2OS/c1-3-14-5-6-17(11-14)21-27-20(19-12-15(4-2)13-30-22(19)28-21)16-7-9-18(10-8-16)29-23(24,25)26/h7-10,13-14,17H,3-6,11-12H2,1-2H3. The Kier molecular flexibility index (Phi) is 6.09. The molecule has 1 aromatic carbocycles. The van der Waals surface area contributed by atoms with Gasteiger partial charge in [-0.15, -0.1) is 13.2 Å². The molecule has 1 aromatic heterocycles. The van der Waals surface area contributed by atoms with Gasteiger partial charge in [0.2, 0.25) is 0 Å². The van der Waals surface area contributed by atoms with Crippen LogP contribution in [-0.2, 0) is 6.42 Å². The molecule has 2 aliphatic rings. The molecule has 0 amide bonds. The molecular formula is C23H25F3N2OS. The van der Waals surface area contributed by atoms with E-state index in [2.05, 4.69) is 24.0 Å². The summed E-state index contributed by atoms with van der Waals surface area (Å²) in [7, 11) is 0. The van der Waals surface area contributed by atoms with Gasteiger partial charge in [0.1, 0.15) is 16.6 Å². The number of fused-ring (bicyclic) bond motifs is 1. The van der Waals surface area contributed by atoms with Crippen LogP contribution < -0.4 is 4.74 Å². The van der Waals surface area contributed by atoms with Crippen LogP contribution in [0.25, 0.3) is 11.3 Å². The molecule has 0 saturated heterocycles. The molecule has 3 nitrogen and oxygen atoms in total. The Bertz CT molecular complexity index is 941. The maximum atomic E-state index is 12.5. The number of hydrogen-bond donors (Lipinski definition) is 0. The number of allylic oxidation sites excluding steroid dienone is 1. The number of ether oxygens (including phenoxy) is 1. The highest BCUT2D eigenvalue weighted by Crippen LogP contribution is 2.42. The first kappa shape index (κ1) is 21.2. The minimum atomic E-state index is -4.70. The zero-order valence-corrected chi connectivity index (χ0v) is 17.9. The molecule has 0 spiro atoms. The fourth-order valence-electron chi connectivity index (χ4n) is 4.27. The number of hydrogen-bond acceptors (Lipinski definition) is 4. The Morgan fingerprint density at radius 3 is 2.50 bits per heavy atom. The van der Waals surface area contributed by atoms with E-state index in [1.54, 1.807) is 23.9 Å². The van der Waals surface area contributed by atoms with Gasteiger partial charge in [0.25, 0.3) is 0 Å². The Labute approximate surface area is 179 Å². The average molecular weight is 435 g/mol. The summed E-state index contributed by atoms with van der Waals surface area (Å²) in [5.74, 6) is 1.72. The molecule has 1 aliphatic heterocycles. The van der Waals surface area contributed by atoms with E-state index in [1.807, 2.05) is 0 Å². The van der Waals surface area contributed by atoms with Gasteiger partial charge in [-0.1, -0.05) is 37.6 Å². The summed E-state index contributed by atoms with van der Waals surface area (Å²) in [4.78, 5) is 9.88. The third-order valence-electron chi connectivity index (χ3n) is 6.03. The second-order valence-corrected chi connectivity index (χ2v) is 8.85. The van der Waals surface area contributed by atoms with Gasteiger partial charge in [0.05, 0.1) is 5.69 Å². The summed E-state index contributed by atoms with van der Waals surface area (Å²) >= 11 is 1.63. The highest BCUT2D eigenvalue weighted by atomic mass is 32.2. The fraction of sp³-hybridized carbons (Fsp3) is 0.478. The largest absolute Gasteiger partial charge is 0.573 e. The second-order valence-electron chi connectivity index (χ2n) is 7.99. The monoisotopic (exact) mass is 434 g/mol. The number of thioether (sulfide) groups is 1. The lowest BCUT2D eigenvalue weighted by Gasteiger charge is -2.21. The van der Waals surface area contributed by atoms with Crippen molar-refractivity contribution in [1.82, 2.24) is 9.97 Å². The molecule has 1 saturated carbocycles. The lowest BCUT2D eigenvalue weighted by Crippen LogP contribution is -2.17. The van der Waals surface area contributed by atoms with E-state index in [4.69, 9.17) is 9.97 Å². The van der Waals surface area contributed by atoms with Crippen LogP contribution in [0.15, 0.2) is 40.3 Å². The second kappa shape index (κ2) is 8.61. The predicted molar refractivity (Wildman–Crippen MR) is 112 cm³/mol. The van der Waals surface area contributed by atoms with Gasteiger partial charge >= 0.3 is 6.36 Å². The zero-order chi connectivity index (χ0) is 21.3. The number of benzene rings is 1. The summed E-state index contributed by atoms with van der Waals surface area (Å²) in [5.41, 5.74) is 4.01. The summed E-state index contributed by atoms with van der Waals surface area (Å²) < 4.78 is 41.5. The Balaban J connectivity index is 1.71. The number of aromatic nitrogens is 2. The van der Waals surface area contributed by atoms with Gasteiger partial charge in [-0.2, -0.15) is 0 Å². The molecule has 2 atom stereocenters. The summed E-state index contributed by atoms with van der Waals surface area (Å²) in [6, 6.07) is 6.02. The van der Waals surface area contributed by atoms with Gasteiger partial charge < -0.3 is 4.74 Å². The van der Waals surface area contributed by atoms with E-state index in [0.717, 1.165) is 59.3 Å². The van der Waals surface area contributed by atoms with Crippen LogP contribution in [0.4, 0.5) is 13.2 Å². The molecule has 0 N–H and O–H groups in total. The van der Waals surface area contributed by atoms with E-state index in [-0.39, 0.29) is 5.75 Å². The van der Waals surface area contributed by atoms with Crippen molar-refractivity contribution in [2.75, 3.05) is 0 Å². The van der Waals surface area contributed by atoms with Crippen molar-refractivity contribution in [3.05, 3.63) is 46.6 Å². The lowest BCUT2D eigenvalue weighted by molar-refractivity contribution is -0.274. The van der Waals surface area contributed by atoms with Crippen LogP contribution in [0.3, 0.4) is 0 Å². The van der Waals surface area contributed by atoms with Crippen LogP contribution >= 0.6 is 11.8 Å². The van der Waals surface area contributed by atoms with Gasteiger partial charge in [-0.3, -0.25) is 0 Å². The van der Waals surface area contributed by atoms with Crippen molar-refractivity contribution in [2.24, 2.45) is 5.92 Å². The number of nitrogens with zero attached hydrogens (tertiary/aromatic N) is 2. The maximum Gasteiger partial charge on any atom is 0.573 e. The molecule has 4 rings (SSSR count). The molecule has 1 aliphatic carbocycles. The fourth-order valence-corrected chi connectivity index (χ4v) is 5.25. The first-order chi connectivity index (χ1) is 14.4. The molecular weight excluding hydrogens is 409 g/mol. The lowest BCUT2D eigenvalue weighted by atomic mass is 9.98. The molecule has 30 heavy (non-hydrogen) atoms. The number of rotatable bonds is 5. The predicted octanol–water partition coefficient (Wildman–Crippen LogP) is 7.28. The smallest absolute Gasteiger partial charge is 0.406 e. The van der Waals surface area contributed by atoms with E-state index in [0.29, 0.717) is 5.92 Å². The van der Waals surface area contributed by atoms with Crippen molar-refractivity contribution in [2.45, 2.75) is 69.7 Å². The summed E-state index contributed by atoms with van der Waals surface area (Å²) in [6.07, 6.45) is 1.60. The van der Waals surface area contributed by atoms with E-state index >= 15 is 0 Å². The molecule has 2 aromatic rings. The van der Waals surface area contributed by atoms with Crippen molar-refractivity contribution >= 4 is 11.8 Å². The molecule has 0 radical (unpaired) electrons. The Morgan fingerprint density at radius 2 is 1.87 bits per heavy atom. The first-order valence-electron chi connectivity index (χ1n) is 10.5. The number of alkyl halides is 3. The third-order valence-corrected chi connectivity index (χ3v) is 7.04. The van der Waals surface area contributed by atoms with Crippen LogP contribution in [-0.4, -0.2) is 16.3 Å². The van der Waals surface area contributed by atoms with Crippen LogP contribution in [0.5, 0.6) is 5.75 Å². The minimum Gasteiger partial charge on any atom is -0.406 e. The SMILES string of the molecule is CCC1=CSc2nc(C3CCC(CC)C3)nc(-c3ccc(OC(F)(F)F)cc3)c2C1. The highest BCUT2D eigenvalue weighted by Gasteiger charge is 2.32. The summed E-state index contributed by atoms with van der Waals surface area (Å²) in [5, 5.41) is 3.15. The molecule has 1 fully saturated rings. The molecule has 7 heteroatoms. The van der Waals surface area contributed by atoms with Crippen molar-refractivity contribution in [3.63, 3.8) is 0 Å². The van der Waals surface area contributed by atoms with Gasteiger partial charge in [0.15, 0.2) is 0 Å². The van der Waals surface area contributed by atoms with E-state index in [1.165, 1.54) is 30.5 Å². The Morgan fingerprint density at radius 1 is 1.10 bits per heavy atom. The van der Waals surface area contributed by atoms with Crippen molar-refractivity contribution < 1.29 is 17.9 Å². The molecule has 160 valence electrons. The third kappa shape index (κ3) is 4.66.